The molecule has 162 valence electrons. The molecule has 0 radical (unpaired) electrons. The third kappa shape index (κ3) is 13.7. The van der Waals surface area contributed by atoms with E-state index in [1.54, 1.807) is 0 Å². The fraction of sp³-hybridized carbons (Fsp3) is 1.00. The van der Waals surface area contributed by atoms with Crippen LogP contribution in [-0.4, -0.2) is 37.1 Å². The number of hydrogen-bond acceptors (Lipinski definition) is 3. The second-order valence-electron chi connectivity index (χ2n) is 8.29. The van der Waals surface area contributed by atoms with Gasteiger partial charge in [-0.25, -0.2) is 0 Å². The highest BCUT2D eigenvalue weighted by molar-refractivity contribution is 4.84. The zero-order chi connectivity index (χ0) is 21.2. The molecule has 0 aromatic heterocycles. The van der Waals surface area contributed by atoms with E-state index in [1.165, 1.54) is 96.3 Å². The number of unbranched alkanes of at least 4 members (excludes halogenated alkanes) is 15. The van der Waals surface area contributed by atoms with Crippen molar-refractivity contribution < 1.29 is 17.3 Å². The summed E-state index contributed by atoms with van der Waals surface area (Å²) in [5.41, 5.74) is -0.985. The Hall–Kier alpha value is -0.120. The van der Waals surface area contributed by atoms with Crippen LogP contribution in [0.1, 0.15) is 125 Å². The molecule has 0 aromatic rings. The Labute approximate surface area is 172 Å². The molecule has 1 rings (SSSR count). The van der Waals surface area contributed by atoms with Gasteiger partial charge >= 0.3 is 0 Å². The third-order valence-electron chi connectivity index (χ3n) is 5.64. The van der Waals surface area contributed by atoms with Gasteiger partial charge in [-0.15, -0.1) is 0 Å². The van der Waals surface area contributed by atoms with Crippen molar-refractivity contribution in [3.63, 3.8) is 0 Å². The molecule has 0 aliphatic carbocycles. The predicted molar refractivity (Wildman–Crippen MR) is 115 cm³/mol. The van der Waals surface area contributed by atoms with E-state index in [9.17, 15) is 5.11 Å². The normalized spacial score (nSPS) is 26.3. The molecular formula is C24H48O3. The van der Waals surface area contributed by atoms with Crippen molar-refractivity contribution in [3.8, 4) is 0 Å². The van der Waals surface area contributed by atoms with E-state index in [-0.39, 0.29) is 19.8 Å². The lowest BCUT2D eigenvalue weighted by molar-refractivity contribution is -0.0915. The standard InChI is InChI=1S/C24H48O3/c1-2-3-4-5-6-7-8-9-10-11-12-13-14-15-16-17-20-26-23-24(22-25)19-18-21-27-24/h25H,2-23H2,1H3/i18T,19T. The highest BCUT2D eigenvalue weighted by Gasteiger charge is 2.34. The summed E-state index contributed by atoms with van der Waals surface area (Å²) in [6, 6.07) is 0. The predicted octanol–water partition coefficient (Wildman–Crippen LogP) is 6.81. The minimum Gasteiger partial charge on any atom is -0.393 e. The average molecular weight is 389 g/mol. The van der Waals surface area contributed by atoms with Crippen LogP contribution in [0.5, 0.6) is 0 Å². The summed E-state index contributed by atoms with van der Waals surface area (Å²) in [7, 11) is 0. The maximum Gasteiger partial charge on any atom is 0.114 e. The van der Waals surface area contributed by atoms with Gasteiger partial charge in [-0.05, 0) is 19.2 Å². The topological polar surface area (TPSA) is 38.7 Å². The number of rotatable bonds is 20. The Morgan fingerprint density at radius 1 is 0.815 bits per heavy atom. The van der Waals surface area contributed by atoms with Crippen molar-refractivity contribution in [2.24, 2.45) is 0 Å². The molecule has 0 bridgehead atoms. The number of hydrogen-bond donors (Lipinski definition) is 1. The molecule has 3 atom stereocenters. The monoisotopic (exact) mass is 388 g/mol. The van der Waals surface area contributed by atoms with Crippen molar-refractivity contribution in [1.82, 2.24) is 0 Å². The van der Waals surface area contributed by atoms with E-state index < -0.39 is 18.4 Å². The summed E-state index contributed by atoms with van der Waals surface area (Å²) in [6.07, 6.45) is 20.3. The van der Waals surface area contributed by atoms with Crippen LogP contribution in [0.4, 0.5) is 0 Å². The van der Waals surface area contributed by atoms with Crippen LogP contribution < -0.4 is 0 Å². The molecule has 1 aliphatic heterocycles. The second-order valence-corrected chi connectivity index (χ2v) is 8.29. The summed E-state index contributed by atoms with van der Waals surface area (Å²) >= 11 is 0. The van der Waals surface area contributed by atoms with Gasteiger partial charge in [-0.3, -0.25) is 0 Å². The van der Waals surface area contributed by atoms with Gasteiger partial charge in [0.1, 0.15) is 5.60 Å². The molecule has 1 heterocycles. The fourth-order valence-corrected chi connectivity index (χ4v) is 3.76. The highest BCUT2D eigenvalue weighted by Crippen LogP contribution is 2.25. The highest BCUT2D eigenvalue weighted by atomic mass is 16.6. The minimum absolute atomic E-state index is 0.219. The van der Waals surface area contributed by atoms with Crippen LogP contribution in [0.2, 0.25) is 0 Å². The molecule has 1 fully saturated rings. The minimum atomic E-state index is -0.985. The van der Waals surface area contributed by atoms with Gasteiger partial charge in [-0.1, -0.05) is 103 Å². The molecule has 1 aliphatic rings. The smallest absolute Gasteiger partial charge is 0.114 e. The van der Waals surface area contributed by atoms with E-state index in [1.807, 2.05) is 0 Å². The van der Waals surface area contributed by atoms with Crippen molar-refractivity contribution in [2.75, 3.05) is 26.4 Å². The Morgan fingerprint density at radius 3 is 1.70 bits per heavy atom. The summed E-state index contributed by atoms with van der Waals surface area (Å²) in [5, 5.41) is 9.54. The maximum absolute atomic E-state index is 9.54. The summed E-state index contributed by atoms with van der Waals surface area (Å²) in [5.74, 6) is 0. The molecule has 27 heavy (non-hydrogen) atoms. The first-order chi connectivity index (χ1) is 14.2. The van der Waals surface area contributed by atoms with Crippen LogP contribution >= 0.6 is 0 Å². The maximum atomic E-state index is 9.54. The molecule has 0 spiro atoms. The zero-order valence-corrected chi connectivity index (χ0v) is 18.1. The van der Waals surface area contributed by atoms with Gasteiger partial charge < -0.3 is 14.6 Å². The number of ether oxygens (including phenoxy) is 2. The van der Waals surface area contributed by atoms with E-state index in [2.05, 4.69) is 6.92 Å². The van der Waals surface area contributed by atoms with Gasteiger partial charge in [0.15, 0.2) is 0 Å². The van der Waals surface area contributed by atoms with Gasteiger partial charge in [0.2, 0.25) is 0 Å². The van der Waals surface area contributed by atoms with E-state index in [4.69, 9.17) is 12.2 Å². The Kier molecular flexibility index (Phi) is 14.3. The van der Waals surface area contributed by atoms with Crippen molar-refractivity contribution in [3.05, 3.63) is 0 Å². The molecule has 0 aromatic carbocycles. The van der Waals surface area contributed by atoms with E-state index >= 15 is 0 Å². The zero-order valence-electron chi connectivity index (χ0n) is 20.1. The first kappa shape index (κ1) is 21.6. The number of aliphatic hydroxyl groups is 1. The summed E-state index contributed by atoms with van der Waals surface area (Å²) in [4.78, 5) is 0. The first-order valence-electron chi connectivity index (χ1n) is 13.0. The fourth-order valence-electron chi connectivity index (χ4n) is 3.76. The number of aliphatic hydroxyl groups excluding tert-OH is 1. The first-order valence-corrected chi connectivity index (χ1v) is 11.8. The summed E-state index contributed by atoms with van der Waals surface area (Å²) < 4.78 is 26.9. The lowest BCUT2D eigenvalue weighted by Gasteiger charge is -2.25. The van der Waals surface area contributed by atoms with E-state index in [0.29, 0.717) is 6.61 Å². The average Bonchev–Trinajstić information content (AvgIpc) is 3.02. The lowest BCUT2D eigenvalue weighted by Crippen LogP contribution is -2.38. The molecule has 3 unspecified atom stereocenters. The molecule has 3 nitrogen and oxygen atoms in total. The Morgan fingerprint density at radius 2 is 1.30 bits per heavy atom. The second kappa shape index (κ2) is 17.9. The van der Waals surface area contributed by atoms with Gasteiger partial charge in [-0.2, -0.15) is 0 Å². The summed E-state index contributed by atoms with van der Waals surface area (Å²) in [6.45, 7) is 3.14. The molecule has 1 saturated heterocycles. The van der Waals surface area contributed by atoms with Gasteiger partial charge in [0.25, 0.3) is 0 Å². The van der Waals surface area contributed by atoms with Crippen LogP contribution in [-0.2, 0) is 9.47 Å². The van der Waals surface area contributed by atoms with Crippen molar-refractivity contribution in [2.45, 2.75) is 128 Å². The molecule has 1 N–H and O–H groups in total. The SMILES string of the molecule is [3H]C1COC(CO)(COCCCCCCCCCCCCCCCCCC)C1[3H]. The molecule has 3 heteroatoms. The van der Waals surface area contributed by atoms with Crippen LogP contribution in [0, 0.1) is 0 Å². The Balaban J connectivity index is 1.79. The lowest BCUT2D eigenvalue weighted by atomic mass is 10.0. The van der Waals surface area contributed by atoms with Crippen molar-refractivity contribution >= 4 is 0 Å². The largest absolute Gasteiger partial charge is 0.393 e. The van der Waals surface area contributed by atoms with Crippen LogP contribution in [0.3, 0.4) is 0 Å². The van der Waals surface area contributed by atoms with Crippen molar-refractivity contribution in [1.29, 1.82) is 0 Å². The molecule has 0 amide bonds. The van der Waals surface area contributed by atoms with Gasteiger partial charge in [0.05, 0.1) is 13.2 Å². The quantitative estimate of drug-likeness (QED) is 0.233. The molecule has 0 saturated carbocycles. The third-order valence-corrected chi connectivity index (χ3v) is 5.64. The van der Waals surface area contributed by atoms with E-state index in [0.717, 1.165) is 6.42 Å². The van der Waals surface area contributed by atoms with Gasteiger partial charge in [0, 0.05) is 16.0 Å². The Bertz CT molecular complexity index is 370. The molecular weight excluding hydrogens is 336 g/mol. The van der Waals surface area contributed by atoms with Crippen LogP contribution in [0.15, 0.2) is 0 Å². The van der Waals surface area contributed by atoms with Crippen LogP contribution in [0.25, 0.3) is 0 Å².